The molecule has 2 aromatic carbocycles. The van der Waals surface area contributed by atoms with Gasteiger partial charge in [-0.15, -0.1) is 0 Å². The Bertz CT molecular complexity index is 602. The van der Waals surface area contributed by atoms with Gasteiger partial charge in [-0.2, -0.15) is 0 Å². The zero-order valence-corrected chi connectivity index (χ0v) is 13.6. The molecule has 0 heterocycles. The van der Waals surface area contributed by atoms with Crippen LogP contribution in [-0.4, -0.2) is 0 Å². The number of benzene rings is 2. The van der Waals surface area contributed by atoms with Crippen LogP contribution in [-0.2, 0) is 6.42 Å². The Kier molecular flexibility index (Phi) is 4.98. The van der Waals surface area contributed by atoms with E-state index in [1.807, 2.05) is 12.1 Å². The summed E-state index contributed by atoms with van der Waals surface area (Å²) in [6.45, 7) is 0. The van der Waals surface area contributed by atoms with E-state index in [9.17, 15) is 8.78 Å². The van der Waals surface area contributed by atoms with Crippen LogP contribution < -0.4 is 0 Å². The van der Waals surface area contributed by atoms with Crippen LogP contribution in [0.2, 0.25) is 5.02 Å². The summed E-state index contributed by atoms with van der Waals surface area (Å²) in [5, 5.41) is 0.632. The summed E-state index contributed by atoms with van der Waals surface area (Å²) < 4.78 is 26.9. The molecule has 0 aromatic heterocycles. The first-order chi connectivity index (χ1) is 8.97. The van der Waals surface area contributed by atoms with Crippen LogP contribution in [0.1, 0.15) is 16.0 Å². The van der Waals surface area contributed by atoms with Crippen molar-refractivity contribution in [1.82, 2.24) is 0 Å². The molecule has 2 rings (SSSR count). The molecular weight excluding hydrogens is 401 g/mol. The van der Waals surface area contributed by atoms with E-state index in [0.717, 1.165) is 16.1 Å². The molecule has 0 amide bonds. The molecule has 0 bridgehead atoms. The molecule has 5 heteroatoms. The van der Waals surface area contributed by atoms with Crippen molar-refractivity contribution in [2.75, 3.05) is 0 Å². The normalized spacial score (nSPS) is 12.5. The van der Waals surface area contributed by atoms with Crippen molar-refractivity contribution in [2.45, 2.75) is 11.2 Å². The third-order valence-corrected chi connectivity index (χ3v) is 4.47. The molecule has 1 unspecified atom stereocenters. The van der Waals surface area contributed by atoms with E-state index >= 15 is 0 Å². The van der Waals surface area contributed by atoms with Gasteiger partial charge in [-0.05, 0) is 47.9 Å². The Balaban J connectivity index is 2.22. The Morgan fingerprint density at radius 2 is 1.79 bits per heavy atom. The predicted molar refractivity (Wildman–Crippen MR) is 80.9 cm³/mol. The van der Waals surface area contributed by atoms with Crippen molar-refractivity contribution in [3.05, 3.63) is 68.7 Å². The van der Waals surface area contributed by atoms with E-state index in [1.54, 1.807) is 12.1 Å². The first-order valence-electron chi connectivity index (χ1n) is 5.50. The predicted octanol–water partition coefficient (Wildman–Crippen LogP) is 6.06. The van der Waals surface area contributed by atoms with Crippen molar-refractivity contribution in [2.24, 2.45) is 0 Å². The number of rotatable bonds is 3. The zero-order chi connectivity index (χ0) is 14.0. The first kappa shape index (κ1) is 14.9. The lowest BCUT2D eigenvalue weighted by atomic mass is 10.0. The highest BCUT2D eigenvalue weighted by molar-refractivity contribution is 9.11. The molecule has 0 aliphatic carbocycles. The lowest BCUT2D eigenvalue weighted by molar-refractivity contribution is 0.507. The van der Waals surface area contributed by atoms with Gasteiger partial charge in [0.2, 0.25) is 0 Å². The van der Waals surface area contributed by atoms with E-state index in [0.29, 0.717) is 17.0 Å². The van der Waals surface area contributed by atoms with Crippen molar-refractivity contribution in [1.29, 1.82) is 0 Å². The first-order valence-corrected chi connectivity index (χ1v) is 7.59. The van der Waals surface area contributed by atoms with Crippen LogP contribution in [0, 0.1) is 11.6 Å². The molecule has 0 fully saturated rings. The number of halogens is 5. The van der Waals surface area contributed by atoms with Crippen molar-refractivity contribution >= 4 is 43.5 Å². The fraction of sp³-hybridized carbons (Fsp3) is 0.143. The summed E-state index contributed by atoms with van der Waals surface area (Å²) in [4.78, 5) is -0.0366. The molecule has 1 atom stereocenters. The SMILES string of the molecule is Fc1ccc(CC(Br)c2cc(Cl)ccc2Br)cc1F. The van der Waals surface area contributed by atoms with E-state index < -0.39 is 11.6 Å². The highest BCUT2D eigenvalue weighted by atomic mass is 79.9. The van der Waals surface area contributed by atoms with Gasteiger partial charge in [0.25, 0.3) is 0 Å². The highest BCUT2D eigenvalue weighted by Crippen LogP contribution is 2.34. The minimum absolute atomic E-state index is 0.0366. The molecule has 0 radical (unpaired) electrons. The Hall–Kier alpha value is -0.450. The zero-order valence-electron chi connectivity index (χ0n) is 9.64. The van der Waals surface area contributed by atoms with E-state index in [-0.39, 0.29) is 4.83 Å². The fourth-order valence-electron chi connectivity index (χ4n) is 1.74. The fourth-order valence-corrected chi connectivity index (χ4v) is 3.50. The minimum atomic E-state index is -0.834. The molecule has 0 saturated carbocycles. The molecule has 0 spiro atoms. The summed E-state index contributed by atoms with van der Waals surface area (Å²) in [5.74, 6) is -1.67. The monoisotopic (exact) mass is 408 g/mol. The van der Waals surface area contributed by atoms with Crippen LogP contribution in [0.15, 0.2) is 40.9 Å². The quantitative estimate of drug-likeness (QED) is 0.540. The maximum absolute atomic E-state index is 13.2. The number of alkyl halides is 1. The molecule has 2 aromatic rings. The number of hydrogen-bond acceptors (Lipinski definition) is 0. The van der Waals surface area contributed by atoms with Gasteiger partial charge in [-0.1, -0.05) is 49.5 Å². The topological polar surface area (TPSA) is 0 Å². The average molecular weight is 410 g/mol. The van der Waals surface area contributed by atoms with Gasteiger partial charge in [0.05, 0.1) is 0 Å². The summed E-state index contributed by atoms with van der Waals surface area (Å²) in [5.41, 5.74) is 1.69. The third-order valence-electron chi connectivity index (χ3n) is 2.69. The molecule has 0 aliphatic rings. The third kappa shape index (κ3) is 3.77. The van der Waals surface area contributed by atoms with E-state index in [1.165, 1.54) is 6.07 Å². The molecule has 19 heavy (non-hydrogen) atoms. The molecule has 100 valence electrons. The van der Waals surface area contributed by atoms with Gasteiger partial charge < -0.3 is 0 Å². The highest BCUT2D eigenvalue weighted by Gasteiger charge is 2.13. The average Bonchev–Trinajstić information content (AvgIpc) is 2.36. The van der Waals surface area contributed by atoms with Gasteiger partial charge in [0.1, 0.15) is 0 Å². The van der Waals surface area contributed by atoms with E-state index in [2.05, 4.69) is 31.9 Å². The van der Waals surface area contributed by atoms with Gasteiger partial charge >= 0.3 is 0 Å². The van der Waals surface area contributed by atoms with Gasteiger partial charge in [-0.3, -0.25) is 0 Å². The Morgan fingerprint density at radius 3 is 2.47 bits per heavy atom. The second-order valence-electron chi connectivity index (χ2n) is 4.09. The van der Waals surface area contributed by atoms with E-state index in [4.69, 9.17) is 11.6 Å². The molecular formula is C14H9Br2ClF2. The smallest absolute Gasteiger partial charge is 0.159 e. The lowest BCUT2D eigenvalue weighted by Gasteiger charge is -2.13. The largest absolute Gasteiger partial charge is 0.204 e. The van der Waals surface area contributed by atoms with Crippen LogP contribution >= 0.6 is 43.5 Å². The summed E-state index contributed by atoms with van der Waals surface area (Å²) in [6.07, 6.45) is 0.538. The second kappa shape index (κ2) is 6.33. The van der Waals surface area contributed by atoms with Crippen molar-refractivity contribution < 1.29 is 8.78 Å². The standard InChI is InChI=1S/C14H9Br2ClF2/c15-11-3-2-9(17)7-10(11)12(16)5-8-1-4-13(18)14(19)6-8/h1-4,6-7,12H,5H2. The van der Waals surface area contributed by atoms with Gasteiger partial charge in [-0.25, -0.2) is 8.78 Å². The maximum atomic E-state index is 13.2. The van der Waals surface area contributed by atoms with Gasteiger partial charge in [0, 0.05) is 14.3 Å². The van der Waals surface area contributed by atoms with Crippen LogP contribution in [0.25, 0.3) is 0 Å². The Morgan fingerprint density at radius 1 is 1.05 bits per heavy atom. The minimum Gasteiger partial charge on any atom is -0.204 e. The van der Waals surface area contributed by atoms with Crippen molar-refractivity contribution in [3.8, 4) is 0 Å². The van der Waals surface area contributed by atoms with Crippen LogP contribution in [0.5, 0.6) is 0 Å². The van der Waals surface area contributed by atoms with Crippen molar-refractivity contribution in [3.63, 3.8) is 0 Å². The summed E-state index contributed by atoms with van der Waals surface area (Å²) >= 11 is 13.0. The second-order valence-corrected chi connectivity index (χ2v) is 6.48. The van der Waals surface area contributed by atoms with Crippen LogP contribution in [0.4, 0.5) is 8.78 Å². The molecule has 0 N–H and O–H groups in total. The molecule has 0 nitrogen and oxygen atoms in total. The molecule has 0 aliphatic heterocycles. The summed E-state index contributed by atoms with van der Waals surface area (Å²) in [7, 11) is 0. The van der Waals surface area contributed by atoms with Gasteiger partial charge in [0.15, 0.2) is 11.6 Å². The number of hydrogen-bond donors (Lipinski definition) is 0. The Labute approximate surface area is 132 Å². The molecule has 0 saturated heterocycles. The lowest BCUT2D eigenvalue weighted by Crippen LogP contribution is -1.98. The maximum Gasteiger partial charge on any atom is 0.159 e. The summed E-state index contributed by atoms with van der Waals surface area (Å²) in [6, 6.07) is 9.40. The van der Waals surface area contributed by atoms with Crippen LogP contribution in [0.3, 0.4) is 0 Å².